The second kappa shape index (κ2) is 7.33. The average Bonchev–Trinajstić information content (AvgIpc) is 3.04. The molecule has 0 radical (unpaired) electrons. The lowest BCUT2D eigenvalue weighted by molar-refractivity contribution is -0.145. The van der Waals surface area contributed by atoms with Gasteiger partial charge in [0.25, 0.3) is 0 Å². The zero-order chi connectivity index (χ0) is 16.1. The van der Waals surface area contributed by atoms with Crippen molar-refractivity contribution in [2.75, 3.05) is 6.61 Å². The van der Waals surface area contributed by atoms with Crippen LogP contribution >= 0.6 is 11.7 Å². The number of nitrogens with zero attached hydrogens (tertiary/aromatic N) is 2. The van der Waals surface area contributed by atoms with E-state index in [0.29, 0.717) is 13.0 Å². The number of carbonyl (C=O) groups is 1. The maximum atomic E-state index is 12.4. The highest BCUT2D eigenvalue weighted by Gasteiger charge is 2.22. The summed E-state index contributed by atoms with van der Waals surface area (Å²) in [6.45, 7) is 2.22. The lowest BCUT2D eigenvalue weighted by atomic mass is 9.92. The van der Waals surface area contributed by atoms with Crippen molar-refractivity contribution in [1.82, 2.24) is 8.75 Å². The predicted octanol–water partition coefficient (Wildman–Crippen LogP) is 3.97. The standard InChI is InChI=1S/C18H18N2O2S/c1-2-22-18(21)15(10-8-13-6-4-3-5-7-13)14-9-11-16-17(12-14)20-23-19-16/h3-7,9,11-12,15H,2,8,10H2,1H3. The van der Waals surface area contributed by atoms with Crippen LogP contribution in [-0.4, -0.2) is 21.3 Å². The smallest absolute Gasteiger partial charge is 0.313 e. The van der Waals surface area contributed by atoms with Crippen molar-refractivity contribution < 1.29 is 9.53 Å². The molecule has 0 saturated carbocycles. The molecule has 0 saturated heterocycles. The Balaban J connectivity index is 1.83. The number of aryl methyl sites for hydroxylation is 1. The summed E-state index contributed by atoms with van der Waals surface area (Å²) in [7, 11) is 0. The maximum Gasteiger partial charge on any atom is 0.313 e. The molecule has 1 aromatic heterocycles. The molecular weight excluding hydrogens is 308 g/mol. The van der Waals surface area contributed by atoms with E-state index in [1.807, 2.05) is 43.3 Å². The molecule has 3 rings (SSSR count). The Morgan fingerprint density at radius 3 is 2.70 bits per heavy atom. The molecule has 1 heterocycles. The number of hydrogen-bond donors (Lipinski definition) is 0. The van der Waals surface area contributed by atoms with Crippen LogP contribution in [0.25, 0.3) is 11.0 Å². The molecule has 0 N–H and O–H groups in total. The van der Waals surface area contributed by atoms with Crippen molar-refractivity contribution in [2.45, 2.75) is 25.7 Å². The molecule has 0 fully saturated rings. The monoisotopic (exact) mass is 326 g/mol. The molecule has 0 amide bonds. The molecule has 23 heavy (non-hydrogen) atoms. The molecule has 1 atom stereocenters. The molecule has 1 unspecified atom stereocenters. The zero-order valence-electron chi connectivity index (χ0n) is 12.9. The molecule has 0 aliphatic carbocycles. The summed E-state index contributed by atoms with van der Waals surface area (Å²) < 4.78 is 13.7. The highest BCUT2D eigenvalue weighted by molar-refractivity contribution is 7.00. The van der Waals surface area contributed by atoms with Crippen molar-refractivity contribution in [3.8, 4) is 0 Å². The number of ether oxygens (including phenoxy) is 1. The van der Waals surface area contributed by atoms with Crippen molar-refractivity contribution in [1.29, 1.82) is 0 Å². The fraction of sp³-hybridized carbons (Fsp3) is 0.278. The van der Waals surface area contributed by atoms with Gasteiger partial charge >= 0.3 is 5.97 Å². The Bertz CT molecular complexity index is 786. The van der Waals surface area contributed by atoms with Crippen LogP contribution in [0.1, 0.15) is 30.4 Å². The number of hydrogen-bond acceptors (Lipinski definition) is 5. The Kier molecular flexibility index (Phi) is 4.98. The molecule has 4 nitrogen and oxygen atoms in total. The van der Waals surface area contributed by atoms with Crippen LogP contribution in [0.15, 0.2) is 48.5 Å². The molecule has 0 spiro atoms. The van der Waals surface area contributed by atoms with E-state index in [9.17, 15) is 4.79 Å². The lowest BCUT2D eigenvalue weighted by Gasteiger charge is -2.16. The van der Waals surface area contributed by atoms with E-state index in [1.54, 1.807) is 0 Å². The van der Waals surface area contributed by atoms with Gasteiger partial charge in [-0.05, 0) is 43.0 Å². The number of aromatic nitrogens is 2. The van der Waals surface area contributed by atoms with E-state index < -0.39 is 0 Å². The average molecular weight is 326 g/mol. The van der Waals surface area contributed by atoms with Gasteiger partial charge in [-0.25, -0.2) is 0 Å². The summed E-state index contributed by atoms with van der Waals surface area (Å²) in [5.41, 5.74) is 3.86. The third kappa shape index (κ3) is 3.74. The lowest BCUT2D eigenvalue weighted by Crippen LogP contribution is -2.17. The predicted molar refractivity (Wildman–Crippen MR) is 91.6 cm³/mol. The van der Waals surface area contributed by atoms with Gasteiger partial charge in [-0.1, -0.05) is 36.4 Å². The quantitative estimate of drug-likeness (QED) is 0.643. The number of benzene rings is 2. The minimum absolute atomic E-state index is 0.175. The normalized spacial score (nSPS) is 12.2. The van der Waals surface area contributed by atoms with Crippen LogP contribution in [-0.2, 0) is 16.0 Å². The van der Waals surface area contributed by atoms with Gasteiger partial charge in [0, 0.05) is 0 Å². The van der Waals surface area contributed by atoms with Gasteiger partial charge in [0.2, 0.25) is 0 Å². The molecule has 0 bridgehead atoms. The van der Waals surface area contributed by atoms with Crippen LogP contribution in [0.2, 0.25) is 0 Å². The first-order valence-electron chi connectivity index (χ1n) is 7.70. The minimum Gasteiger partial charge on any atom is -0.466 e. The first kappa shape index (κ1) is 15.6. The molecule has 0 aliphatic heterocycles. The zero-order valence-corrected chi connectivity index (χ0v) is 13.8. The third-order valence-corrected chi connectivity index (χ3v) is 4.37. The second-order valence-electron chi connectivity index (χ2n) is 5.34. The van der Waals surface area contributed by atoms with Gasteiger partial charge < -0.3 is 4.74 Å². The number of rotatable bonds is 6. The SMILES string of the molecule is CCOC(=O)C(CCc1ccccc1)c1ccc2nsnc2c1. The number of fused-ring (bicyclic) bond motifs is 1. The largest absolute Gasteiger partial charge is 0.466 e. The van der Waals surface area contributed by atoms with Gasteiger partial charge in [-0.2, -0.15) is 8.75 Å². The van der Waals surface area contributed by atoms with E-state index in [0.717, 1.165) is 23.0 Å². The van der Waals surface area contributed by atoms with Gasteiger partial charge in [0.05, 0.1) is 24.3 Å². The summed E-state index contributed by atoms with van der Waals surface area (Å²) in [6, 6.07) is 16.0. The van der Waals surface area contributed by atoms with Gasteiger partial charge in [-0.15, -0.1) is 0 Å². The summed E-state index contributed by atoms with van der Waals surface area (Å²) in [5, 5.41) is 0. The first-order valence-corrected chi connectivity index (χ1v) is 8.43. The van der Waals surface area contributed by atoms with Crippen molar-refractivity contribution in [2.24, 2.45) is 0 Å². The minimum atomic E-state index is -0.277. The van der Waals surface area contributed by atoms with Gasteiger partial charge in [0.15, 0.2) is 0 Å². The maximum absolute atomic E-state index is 12.4. The fourth-order valence-corrected chi connectivity index (χ4v) is 3.15. The number of carbonyl (C=O) groups excluding carboxylic acids is 1. The molecule has 3 aromatic rings. The molecule has 2 aromatic carbocycles. The summed E-state index contributed by atoms with van der Waals surface area (Å²) in [4.78, 5) is 12.4. The van der Waals surface area contributed by atoms with E-state index in [1.165, 1.54) is 17.3 Å². The molecule has 118 valence electrons. The van der Waals surface area contributed by atoms with Crippen LogP contribution in [0.3, 0.4) is 0 Å². The Morgan fingerprint density at radius 2 is 1.91 bits per heavy atom. The Morgan fingerprint density at radius 1 is 1.13 bits per heavy atom. The van der Waals surface area contributed by atoms with Crippen LogP contribution in [0.5, 0.6) is 0 Å². The van der Waals surface area contributed by atoms with Crippen molar-refractivity contribution >= 4 is 28.7 Å². The summed E-state index contributed by atoms with van der Waals surface area (Å²) in [5.74, 6) is -0.452. The first-order chi connectivity index (χ1) is 11.3. The van der Waals surface area contributed by atoms with E-state index in [-0.39, 0.29) is 11.9 Å². The van der Waals surface area contributed by atoms with Crippen molar-refractivity contribution in [3.05, 3.63) is 59.7 Å². The fourth-order valence-electron chi connectivity index (χ4n) is 2.64. The van der Waals surface area contributed by atoms with Crippen LogP contribution in [0.4, 0.5) is 0 Å². The molecule has 5 heteroatoms. The highest BCUT2D eigenvalue weighted by Crippen LogP contribution is 2.26. The molecule has 0 aliphatic rings. The Labute approximate surface area is 139 Å². The third-order valence-electron chi connectivity index (χ3n) is 3.82. The van der Waals surface area contributed by atoms with Crippen LogP contribution < -0.4 is 0 Å². The summed E-state index contributed by atoms with van der Waals surface area (Å²) in [6.07, 6.45) is 1.55. The molecular formula is C18H18N2O2S. The van der Waals surface area contributed by atoms with Gasteiger partial charge in [-0.3, -0.25) is 4.79 Å². The van der Waals surface area contributed by atoms with E-state index in [2.05, 4.69) is 20.9 Å². The Hall–Kier alpha value is -2.27. The van der Waals surface area contributed by atoms with Crippen LogP contribution in [0, 0.1) is 0 Å². The summed E-state index contributed by atoms with van der Waals surface area (Å²) >= 11 is 1.19. The second-order valence-corrected chi connectivity index (χ2v) is 5.87. The van der Waals surface area contributed by atoms with Crippen molar-refractivity contribution in [3.63, 3.8) is 0 Å². The van der Waals surface area contributed by atoms with Gasteiger partial charge in [0.1, 0.15) is 11.0 Å². The highest BCUT2D eigenvalue weighted by atomic mass is 32.1. The van der Waals surface area contributed by atoms with E-state index in [4.69, 9.17) is 4.74 Å². The van der Waals surface area contributed by atoms with E-state index >= 15 is 0 Å². The number of esters is 1. The topological polar surface area (TPSA) is 52.1 Å².